The quantitative estimate of drug-likeness (QED) is 0.212. The van der Waals surface area contributed by atoms with Crippen LogP contribution in [-0.4, -0.2) is 18.6 Å². The molecule has 0 aliphatic carbocycles. The Balaban J connectivity index is 0.000000275. The number of para-hydroxylation sites is 2. The summed E-state index contributed by atoms with van der Waals surface area (Å²) >= 11 is 0. The SMILES string of the molecule is CC(C)(C)Oc1ccc(N(Nc2ccccc2)c2ccccc2)cc1.Cc1ccc(S(=O)(=O)O)cc1. The maximum Gasteiger partial charge on any atom is 0.294 e. The Morgan fingerprint density at radius 2 is 1.22 bits per heavy atom. The van der Waals surface area contributed by atoms with Crippen molar-refractivity contribution in [3.8, 4) is 5.75 Å². The largest absolute Gasteiger partial charge is 0.488 e. The zero-order valence-electron chi connectivity index (χ0n) is 20.9. The summed E-state index contributed by atoms with van der Waals surface area (Å²) in [7, 11) is -4.02. The van der Waals surface area contributed by atoms with Crippen molar-refractivity contribution in [1.29, 1.82) is 0 Å². The van der Waals surface area contributed by atoms with Gasteiger partial charge in [0.2, 0.25) is 0 Å². The molecular formula is C29H32N2O4S. The first-order valence-electron chi connectivity index (χ1n) is 11.5. The molecule has 0 fully saturated rings. The number of benzene rings is 4. The molecule has 7 heteroatoms. The fraction of sp³-hybridized carbons (Fsp3) is 0.172. The van der Waals surface area contributed by atoms with E-state index in [1.165, 1.54) is 12.1 Å². The fourth-order valence-electron chi connectivity index (χ4n) is 3.22. The van der Waals surface area contributed by atoms with Gasteiger partial charge in [0.1, 0.15) is 11.4 Å². The number of nitrogens with one attached hydrogen (secondary N) is 1. The van der Waals surface area contributed by atoms with Crippen molar-refractivity contribution >= 4 is 27.2 Å². The number of rotatable bonds is 6. The van der Waals surface area contributed by atoms with Gasteiger partial charge in [-0.25, -0.2) is 0 Å². The molecule has 0 saturated heterocycles. The Bertz CT molecular complexity index is 1320. The van der Waals surface area contributed by atoms with E-state index in [9.17, 15) is 8.42 Å². The van der Waals surface area contributed by atoms with Crippen LogP contribution in [0.4, 0.5) is 17.1 Å². The van der Waals surface area contributed by atoms with Gasteiger partial charge in [-0.15, -0.1) is 0 Å². The van der Waals surface area contributed by atoms with Crippen molar-refractivity contribution in [3.63, 3.8) is 0 Å². The second-order valence-electron chi connectivity index (χ2n) is 9.15. The second-order valence-corrected chi connectivity index (χ2v) is 10.6. The molecule has 188 valence electrons. The van der Waals surface area contributed by atoms with E-state index in [0.717, 1.165) is 28.4 Å². The van der Waals surface area contributed by atoms with E-state index in [-0.39, 0.29) is 10.5 Å². The predicted octanol–water partition coefficient (Wildman–Crippen LogP) is 7.27. The molecule has 0 amide bonds. The van der Waals surface area contributed by atoms with Crippen LogP contribution in [0.3, 0.4) is 0 Å². The van der Waals surface area contributed by atoms with Crippen LogP contribution in [0.2, 0.25) is 0 Å². The Morgan fingerprint density at radius 1 is 0.722 bits per heavy atom. The van der Waals surface area contributed by atoms with Gasteiger partial charge in [0.15, 0.2) is 0 Å². The van der Waals surface area contributed by atoms with Crippen molar-refractivity contribution in [1.82, 2.24) is 0 Å². The van der Waals surface area contributed by atoms with Crippen molar-refractivity contribution in [2.45, 2.75) is 38.2 Å². The molecular weight excluding hydrogens is 472 g/mol. The summed E-state index contributed by atoms with van der Waals surface area (Å²) in [5.74, 6) is 0.865. The number of ether oxygens (including phenoxy) is 1. The summed E-state index contributed by atoms with van der Waals surface area (Å²) in [5.41, 5.74) is 7.36. The maximum absolute atomic E-state index is 10.5. The van der Waals surface area contributed by atoms with Gasteiger partial charge in [0.05, 0.1) is 22.0 Å². The standard InChI is InChI=1S/C22H24N2O.C7H8O3S/c1-22(2,3)25-21-16-14-20(15-17-21)24(19-12-8-5-9-13-19)23-18-10-6-4-7-11-18;1-6-2-4-7(5-3-6)11(8,9)10/h4-17,23H,1-3H3;2-5H,1H3,(H,8,9,10). The highest BCUT2D eigenvalue weighted by atomic mass is 32.2. The van der Waals surface area contributed by atoms with Gasteiger partial charge in [-0.1, -0.05) is 54.1 Å². The Labute approximate surface area is 213 Å². The summed E-state index contributed by atoms with van der Waals surface area (Å²) in [5, 5.41) is 2.07. The average molecular weight is 505 g/mol. The van der Waals surface area contributed by atoms with E-state index in [1.54, 1.807) is 12.1 Å². The molecule has 0 atom stereocenters. The molecule has 36 heavy (non-hydrogen) atoms. The number of hydrazine groups is 1. The first kappa shape index (κ1) is 26.8. The lowest BCUT2D eigenvalue weighted by Crippen LogP contribution is -2.25. The summed E-state index contributed by atoms with van der Waals surface area (Å²) in [6.07, 6.45) is 0. The van der Waals surface area contributed by atoms with E-state index in [0.29, 0.717) is 0 Å². The third-order valence-electron chi connectivity index (χ3n) is 4.87. The van der Waals surface area contributed by atoms with Gasteiger partial charge in [-0.3, -0.25) is 15.0 Å². The van der Waals surface area contributed by atoms with Crippen LogP contribution in [0.25, 0.3) is 0 Å². The molecule has 0 bridgehead atoms. The average Bonchev–Trinajstić information content (AvgIpc) is 2.84. The summed E-state index contributed by atoms with van der Waals surface area (Å²) in [4.78, 5) is -0.0666. The van der Waals surface area contributed by atoms with E-state index < -0.39 is 10.1 Å². The molecule has 0 heterocycles. The predicted molar refractivity (Wildman–Crippen MR) is 146 cm³/mol. The minimum Gasteiger partial charge on any atom is -0.488 e. The number of nitrogens with zero attached hydrogens (tertiary/aromatic N) is 1. The Morgan fingerprint density at radius 3 is 1.72 bits per heavy atom. The van der Waals surface area contributed by atoms with Crippen LogP contribution in [0.5, 0.6) is 5.75 Å². The van der Waals surface area contributed by atoms with E-state index in [4.69, 9.17) is 9.29 Å². The number of hydrogen-bond acceptors (Lipinski definition) is 5. The monoisotopic (exact) mass is 504 g/mol. The summed E-state index contributed by atoms with van der Waals surface area (Å²) in [6, 6.07) is 34.5. The summed E-state index contributed by atoms with van der Waals surface area (Å²) in [6.45, 7) is 7.99. The molecule has 4 rings (SSSR count). The van der Waals surface area contributed by atoms with Crippen LogP contribution >= 0.6 is 0 Å². The molecule has 0 radical (unpaired) electrons. The molecule has 0 saturated carbocycles. The zero-order chi connectivity index (χ0) is 26.2. The van der Waals surface area contributed by atoms with Crippen LogP contribution in [0.15, 0.2) is 114 Å². The van der Waals surface area contributed by atoms with Gasteiger partial charge < -0.3 is 4.74 Å². The van der Waals surface area contributed by atoms with Gasteiger partial charge in [-0.2, -0.15) is 8.42 Å². The van der Waals surface area contributed by atoms with Gasteiger partial charge >= 0.3 is 0 Å². The van der Waals surface area contributed by atoms with E-state index >= 15 is 0 Å². The molecule has 2 N–H and O–H groups in total. The second kappa shape index (κ2) is 11.7. The van der Waals surface area contributed by atoms with Crippen molar-refractivity contribution < 1.29 is 17.7 Å². The normalized spacial score (nSPS) is 11.1. The van der Waals surface area contributed by atoms with Gasteiger partial charge in [-0.05, 0) is 88.4 Å². The molecule has 0 aliphatic heterocycles. The first-order valence-corrected chi connectivity index (χ1v) is 13.0. The lowest BCUT2D eigenvalue weighted by Gasteiger charge is -2.27. The number of aryl methyl sites for hydroxylation is 1. The maximum atomic E-state index is 10.5. The molecule has 6 nitrogen and oxygen atoms in total. The van der Waals surface area contributed by atoms with Crippen molar-refractivity contribution in [2.24, 2.45) is 0 Å². The van der Waals surface area contributed by atoms with E-state index in [1.807, 2.05) is 88.4 Å². The molecule has 4 aromatic rings. The molecule has 0 aromatic heterocycles. The minimum atomic E-state index is -4.02. The van der Waals surface area contributed by atoms with Gasteiger partial charge in [0.25, 0.3) is 10.1 Å². The fourth-order valence-corrected chi connectivity index (χ4v) is 3.70. The lowest BCUT2D eigenvalue weighted by molar-refractivity contribution is 0.131. The molecule has 0 spiro atoms. The highest BCUT2D eigenvalue weighted by Gasteiger charge is 2.13. The highest BCUT2D eigenvalue weighted by Crippen LogP contribution is 2.28. The smallest absolute Gasteiger partial charge is 0.294 e. The third kappa shape index (κ3) is 8.45. The summed E-state index contributed by atoms with van der Waals surface area (Å²) < 4.78 is 35.5. The topological polar surface area (TPSA) is 78.9 Å². The zero-order valence-corrected chi connectivity index (χ0v) is 21.7. The first-order chi connectivity index (χ1) is 17.0. The van der Waals surface area contributed by atoms with Crippen LogP contribution in [0.1, 0.15) is 26.3 Å². The molecule has 4 aromatic carbocycles. The van der Waals surface area contributed by atoms with Gasteiger partial charge in [0, 0.05) is 0 Å². The van der Waals surface area contributed by atoms with Crippen LogP contribution in [-0.2, 0) is 10.1 Å². The lowest BCUT2D eigenvalue weighted by atomic mass is 10.2. The van der Waals surface area contributed by atoms with E-state index in [2.05, 4.69) is 34.7 Å². The Kier molecular flexibility index (Phi) is 8.74. The highest BCUT2D eigenvalue weighted by molar-refractivity contribution is 7.85. The number of anilines is 3. The van der Waals surface area contributed by atoms with Crippen LogP contribution < -0.4 is 15.2 Å². The van der Waals surface area contributed by atoms with Crippen molar-refractivity contribution in [3.05, 3.63) is 115 Å². The van der Waals surface area contributed by atoms with Crippen molar-refractivity contribution in [2.75, 3.05) is 10.4 Å². The number of hydrogen-bond donors (Lipinski definition) is 2. The molecule has 0 aliphatic rings. The third-order valence-corrected chi connectivity index (χ3v) is 5.73. The van der Waals surface area contributed by atoms with Crippen LogP contribution in [0, 0.1) is 6.92 Å². The Hall–Kier alpha value is -3.81. The minimum absolute atomic E-state index is 0.0666. The molecule has 0 unspecified atom stereocenters.